The fourth-order valence-electron chi connectivity index (χ4n) is 3.36. The molecule has 3 nitrogen and oxygen atoms in total. The van der Waals surface area contributed by atoms with E-state index in [4.69, 9.17) is 5.11 Å². The van der Waals surface area contributed by atoms with Crippen LogP contribution in [0.5, 0.6) is 0 Å². The summed E-state index contributed by atoms with van der Waals surface area (Å²) in [5, 5.41) is 12.5. The lowest BCUT2D eigenvalue weighted by molar-refractivity contribution is -0.143. The van der Waals surface area contributed by atoms with Gasteiger partial charge in [0.05, 0.1) is 5.92 Å². The normalized spacial score (nSPS) is 25.7. The van der Waals surface area contributed by atoms with Crippen LogP contribution >= 0.6 is 0 Å². The van der Waals surface area contributed by atoms with Crippen molar-refractivity contribution < 1.29 is 9.90 Å². The second-order valence-electron chi connectivity index (χ2n) is 6.70. The summed E-state index contributed by atoms with van der Waals surface area (Å²) in [5.74, 6) is 0.760. The van der Waals surface area contributed by atoms with Gasteiger partial charge in [0, 0.05) is 6.54 Å². The minimum Gasteiger partial charge on any atom is -0.481 e. The standard InChI is InChI=1S/C18H25NO2/c20-18(21)17-7-3-14(4-8-17)12-19-11-13-1-5-15(6-2-13)16-9-10-16/h1-2,5-6,14,16-17,19H,3-4,7-12H2,(H,20,21). The summed E-state index contributed by atoms with van der Waals surface area (Å²) < 4.78 is 0. The lowest BCUT2D eigenvalue weighted by Gasteiger charge is -2.26. The molecule has 2 aliphatic rings. The maximum Gasteiger partial charge on any atom is 0.306 e. The number of rotatable bonds is 6. The third-order valence-corrected chi connectivity index (χ3v) is 4.99. The summed E-state index contributed by atoms with van der Waals surface area (Å²) in [4.78, 5) is 10.9. The highest BCUT2D eigenvalue weighted by Gasteiger charge is 2.25. The number of carboxylic acids is 1. The third kappa shape index (κ3) is 4.07. The number of nitrogens with one attached hydrogen (secondary N) is 1. The quantitative estimate of drug-likeness (QED) is 0.841. The van der Waals surface area contributed by atoms with Crippen molar-refractivity contribution >= 4 is 5.97 Å². The predicted molar refractivity (Wildman–Crippen MR) is 83.2 cm³/mol. The summed E-state index contributed by atoms with van der Waals surface area (Å²) in [6, 6.07) is 9.02. The van der Waals surface area contributed by atoms with Gasteiger partial charge in [-0.3, -0.25) is 4.79 Å². The Labute approximate surface area is 126 Å². The van der Waals surface area contributed by atoms with Crippen LogP contribution < -0.4 is 5.32 Å². The zero-order chi connectivity index (χ0) is 14.7. The molecule has 1 aromatic rings. The zero-order valence-corrected chi connectivity index (χ0v) is 12.6. The molecule has 1 aromatic carbocycles. The third-order valence-electron chi connectivity index (χ3n) is 4.99. The van der Waals surface area contributed by atoms with Crippen molar-refractivity contribution in [3.8, 4) is 0 Å². The summed E-state index contributed by atoms with van der Waals surface area (Å²) in [6.45, 7) is 1.93. The van der Waals surface area contributed by atoms with Crippen LogP contribution in [0.4, 0.5) is 0 Å². The lowest BCUT2D eigenvalue weighted by Crippen LogP contribution is -2.28. The highest BCUT2D eigenvalue weighted by Crippen LogP contribution is 2.39. The lowest BCUT2D eigenvalue weighted by atomic mass is 9.82. The number of hydrogen-bond acceptors (Lipinski definition) is 2. The summed E-state index contributed by atoms with van der Waals surface area (Å²) in [7, 11) is 0. The monoisotopic (exact) mass is 287 g/mol. The number of hydrogen-bond donors (Lipinski definition) is 2. The molecular weight excluding hydrogens is 262 g/mol. The highest BCUT2D eigenvalue weighted by molar-refractivity contribution is 5.69. The number of benzene rings is 1. The smallest absolute Gasteiger partial charge is 0.306 e. The molecule has 2 saturated carbocycles. The first-order chi connectivity index (χ1) is 10.2. The van der Waals surface area contributed by atoms with Gasteiger partial charge in [0.1, 0.15) is 0 Å². The van der Waals surface area contributed by atoms with Gasteiger partial charge in [-0.15, -0.1) is 0 Å². The molecule has 114 valence electrons. The van der Waals surface area contributed by atoms with Gasteiger partial charge in [-0.2, -0.15) is 0 Å². The van der Waals surface area contributed by atoms with Crippen LogP contribution in [0, 0.1) is 11.8 Å². The molecule has 0 aromatic heterocycles. The van der Waals surface area contributed by atoms with Crippen molar-refractivity contribution in [2.24, 2.45) is 11.8 Å². The van der Waals surface area contributed by atoms with E-state index < -0.39 is 5.97 Å². The van der Waals surface area contributed by atoms with Crippen molar-refractivity contribution in [3.63, 3.8) is 0 Å². The van der Waals surface area contributed by atoms with Crippen LogP contribution in [0.3, 0.4) is 0 Å². The van der Waals surface area contributed by atoms with E-state index in [-0.39, 0.29) is 5.92 Å². The molecule has 0 bridgehead atoms. The van der Waals surface area contributed by atoms with Gasteiger partial charge in [0.25, 0.3) is 0 Å². The maximum absolute atomic E-state index is 10.9. The molecule has 0 aliphatic heterocycles. The van der Waals surface area contributed by atoms with Crippen LogP contribution in [0.25, 0.3) is 0 Å². The van der Waals surface area contributed by atoms with Gasteiger partial charge in [-0.05, 0) is 68.0 Å². The fraction of sp³-hybridized carbons (Fsp3) is 0.611. The molecule has 2 N–H and O–H groups in total. The molecule has 3 rings (SSSR count). The number of aliphatic carboxylic acids is 1. The number of carbonyl (C=O) groups is 1. The summed E-state index contributed by atoms with van der Waals surface area (Å²) in [6.07, 6.45) is 6.50. The van der Waals surface area contributed by atoms with Gasteiger partial charge in [0.2, 0.25) is 0 Å². The molecular formula is C18H25NO2. The van der Waals surface area contributed by atoms with Crippen molar-refractivity contribution in [3.05, 3.63) is 35.4 Å². The molecule has 3 heteroatoms. The van der Waals surface area contributed by atoms with Gasteiger partial charge < -0.3 is 10.4 Å². The Morgan fingerprint density at radius 1 is 1.05 bits per heavy atom. The first-order valence-electron chi connectivity index (χ1n) is 8.24. The molecule has 0 spiro atoms. The summed E-state index contributed by atoms with van der Waals surface area (Å²) in [5.41, 5.74) is 2.84. The Balaban J connectivity index is 1.37. The largest absolute Gasteiger partial charge is 0.481 e. The highest BCUT2D eigenvalue weighted by atomic mass is 16.4. The molecule has 0 atom stereocenters. The van der Waals surface area contributed by atoms with Gasteiger partial charge in [0.15, 0.2) is 0 Å². The molecule has 0 unspecified atom stereocenters. The Kier molecular flexibility index (Phi) is 4.59. The molecule has 0 amide bonds. The fourth-order valence-corrected chi connectivity index (χ4v) is 3.36. The molecule has 2 aliphatic carbocycles. The maximum atomic E-state index is 10.9. The van der Waals surface area contributed by atoms with Crippen LogP contribution in [-0.2, 0) is 11.3 Å². The van der Waals surface area contributed by atoms with Crippen molar-refractivity contribution in [1.82, 2.24) is 5.32 Å². The Hall–Kier alpha value is -1.35. The first-order valence-corrected chi connectivity index (χ1v) is 8.24. The molecule has 0 heterocycles. The van der Waals surface area contributed by atoms with Gasteiger partial charge in [-0.1, -0.05) is 24.3 Å². The van der Waals surface area contributed by atoms with E-state index in [2.05, 4.69) is 29.6 Å². The van der Waals surface area contributed by atoms with E-state index in [0.29, 0.717) is 5.92 Å². The van der Waals surface area contributed by atoms with Crippen LogP contribution in [0.2, 0.25) is 0 Å². The van der Waals surface area contributed by atoms with E-state index in [0.717, 1.165) is 44.7 Å². The zero-order valence-electron chi connectivity index (χ0n) is 12.6. The second-order valence-corrected chi connectivity index (χ2v) is 6.70. The molecule has 2 fully saturated rings. The van der Waals surface area contributed by atoms with Gasteiger partial charge >= 0.3 is 5.97 Å². The van der Waals surface area contributed by atoms with Crippen LogP contribution in [-0.4, -0.2) is 17.6 Å². The average molecular weight is 287 g/mol. The Bertz CT molecular complexity index is 470. The van der Waals surface area contributed by atoms with Crippen molar-refractivity contribution in [2.45, 2.75) is 51.0 Å². The Morgan fingerprint density at radius 3 is 2.29 bits per heavy atom. The molecule has 21 heavy (non-hydrogen) atoms. The summed E-state index contributed by atoms with van der Waals surface area (Å²) >= 11 is 0. The molecule has 0 saturated heterocycles. The van der Waals surface area contributed by atoms with E-state index in [1.807, 2.05) is 0 Å². The van der Waals surface area contributed by atoms with E-state index in [9.17, 15) is 4.79 Å². The van der Waals surface area contributed by atoms with E-state index >= 15 is 0 Å². The van der Waals surface area contributed by atoms with Crippen molar-refractivity contribution in [2.75, 3.05) is 6.54 Å². The number of carboxylic acid groups (broad SMARTS) is 1. The second kappa shape index (κ2) is 6.61. The minimum absolute atomic E-state index is 0.101. The van der Waals surface area contributed by atoms with Gasteiger partial charge in [-0.25, -0.2) is 0 Å². The Morgan fingerprint density at radius 2 is 1.71 bits per heavy atom. The van der Waals surface area contributed by atoms with Crippen LogP contribution in [0.1, 0.15) is 55.6 Å². The SMILES string of the molecule is O=C(O)C1CCC(CNCc2ccc(C3CC3)cc2)CC1. The predicted octanol–water partition coefficient (Wildman–Crippen LogP) is 3.54. The molecule has 0 radical (unpaired) electrons. The van der Waals surface area contributed by atoms with Crippen molar-refractivity contribution in [1.29, 1.82) is 0 Å². The van der Waals surface area contributed by atoms with Crippen LogP contribution in [0.15, 0.2) is 24.3 Å². The minimum atomic E-state index is -0.614. The average Bonchev–Trinajstić information content (AvgIpc) is 3.33. The first kappa shape index (κ1) is 14.6. The van der Waals surface area contributed by atoms with E-state index in [1.165, 1.54) is 24.0 Å². The van der Waals surface area contributed by atoms with E-state index in [1.54, 1.807) is 0 Å². The topological polar surface area (TPSA) is 49.3 Å².